The maximum atomic E-state index is 13.7. The summed E-state index contributed by atoms with van der Waals surface area (Å²) in [5, 5.41) is 0. The standard InChI is InChI=1S/C15H14F3NS/c1-2-20-10-5-3-9(4-6-10)15(19)11-7-8-12(16)14(18)13(11)17/h3-8,15H,2,19H2,1H3. The van der Waals surface area contributed by atoms with Crippen molar-refractivity contribution in [1.29, 1.82) is 0 Å². The Morgan fingerprint density at radius 1 is 1.00 bits per heavy atom. The molecule has 0 heterocycles. The number of hydrogen-bond acceptors (Lipinski definition) is 2. The first-order valence-corrected chi connectivity index (χ1v) is 7.15. The molecule has 2 aromatic rings. The zero-order valence-corrected chi connectivity index (χ0v) is 11.7. The van der Waals surface area contributed by atoms with Crippen molar-refractivity contribution in [2.24, 2.45) is 5.73 Å². The third kappa shape index (κ3) is 2.99. The summed E-state index contributed by atoms with van der Waals surface area (Å²) in [5.41, 5.74) is 6.52. The van der Waals surface area contributed by atoms with E-state index in [0.29, 0.717) is 5.56 Å². The quantitative estimate of drug-likeness (QED) is 0.674. The van der Waals surface area contributed by atoms with E-state index in [1.807, 2.05) is 19.1 Å². The second-order valence-electron chi connectivity index (χ2n) is 4.24. The number of rotatable bonds is 4. The van der Waals surface area contributed by atoms with Crippen LogP contribution in [0.15, 0.2) is 41.3 Å². The van der Waals surface area contributed by atoms with Crippen molar-refractivity contribution in [1.82, 2.24) is 0 Å². The van der Waals surface area contributed by atoms with Gasteiger partial charge in [-0.05, 0) is 29.5 Å². The summed E-state index contributed by atoms with van der Waals surface area (Å²) >= 11 is 1.67. The highest BCUT2D eigenvalue weighted by Crippen LogP contribution is 2.26. The fraction of sp³-hybridized carbons (Fsp3) is 0.200. The van der Waals surface area contributed by atoms with E-state index in [-0.39, 0.29) is 5.56 Å². The first-order chi connectivity index (χ1) is 9.54. The molecule has 0 saturated carbocycles. The van der Waals surface area contributed by atoms with E-state index in [4.69, 9.17) is 5.73 Å². The third-order valence-electron chi connectivity index (χ3n) is 2.95. The predicted molar refractivity (Wildman–Crippen MR) is 75.2 cm³/mol. The van der Waals surface area contributed by atoms with Gasteiger partial charge in [0.05, 0.1) is 6.04 Å². The molecule has 1 atom stereocenters. The summed E-state index contributed by atoms with van der Waals surface area (Å²) < 4.78 is 39.8. The molecule has 0 saturated heterocycles. The number of hydrogen-bond donors (Lipinski definition) is 1. The van der Waals surface area contributed by atoms with E-state index in [0.717, 1.165) is 16.7 Å². The average molecular weight is 297 g/mol. The predicted octanol–water partition coefficient (Wildman–Crippen LogP) is 4.26. The van der Waals surface area contributed by atoms with Gasteiger partial charge >= 0.3 is 0 Å². The SMILES string of the molecule is CCSc1ccc(C(N)c2ccc(F)c(F)c2F)cc1. The highest BCUT2D eigenvalue weighted by atomic mass is 32.2. The molecule has 20 heavy (non-hydrogen) atoms. The van der Waals surface area contributed by atoms with Gasteiger partial charge in [0.2, 0.25) is 0 Å². The molecule has 2 N–H and O–H groups in total. The smallest absolute Gasteiger partial charge is 0.194 e. The van der Waals surface area contributed by atoms with Gasteiger partial charge in [0.1, 0.15) is 0 Å². The molecule has 5 heteroatoms. The van der Waals surface area contributed by atoms with Gasteiger partial charge in [-0.2, -0.15) is 0 Å². The fourth-order valence-electron chi connectivity index (χ4n) is 1.90. The van der Waals surface area contributed by atoms with Crippen LogP contribution in [0.3, 0.4) is 0 Å². The Labute approximate surface area is 120 Å². The molecular formula is C15H14F3NS. The topological polar surface area (TPSA) is 26.0 Å². The lowest BCUT2D eigenvalue weighted by Crippen LogP contribution is -2.15. The average Bonchev–Trinajstić information content (AvgIpc) is 2.45. The molecule has 2 aromatic carbocycles. The van der Waals surface area contributed by atoms with Gasteiger partial charge in [-0.3, -0.25) is 0 Å². The summed E-state index contributed by atoms with van der Waals surface area (Å²) in [5.74, 6) is -2.99. The monoisotopic (exact) mass is 297 g/mol. The van der Waals surface area contributed by atoms with Crippen LogP contribution in [0.4, 0.5) is 13.2 Å². The molecule has 0 amide bonds. The molecule has 0 aliphatic carbocycles. The van der Waals surface area contributed by atoms with Gasteiger partial charge in [-0.1, -0.05) is 25.1 Å². The minimum Gasteiger partial charge on any atom is -0.320 e. The Balaban J connectivity index is 2.31. The second kappa shape index (κ2) is 6.33. The molecule has 0 aliphatic heterocycles. The van der Waals surface area contributed by atoms with Gasteiger partial charge in [0.25, 0.3) is 0 Å². The van der Waals surface area contributed by atoms with E-state index < -0.39 is 23.5 Å². The zero-order chi connectivity index (χ0) is 14.7. The van der Waals surface area contributed by atoms with Crippen LogP contribution in [0.1, 0.15) is 24.1 Å². The van der Waals surface area contributed by atoms with E-state index in [1.165, 1.54) is 6.07 Å². The molecule has 106 valence electrons. The molecular weight excluding hydrogens is 283 g/mol. The molecule has 0 radical (unpaired) electrons. The van der Waals surface area contributed by atoms with Crippen LogP contribution < -0.4 is 5.73 Å². The van der Waals surface area contributed by atoms with Crippen molar-refractivity contribution in [3.05, 3.63) is 65.0 Å². The van der Waals surface area contributed by atoms with Crippen LogP contribution in [0, 0.1) is 17.5 Å². The summed E-state index contributed by atoms with van der Waals surface area (Å²) in [7, 11) is 0. The Hall–Kier alpha value is -1.46. The number of nitrogens with two attached hydrogens (primary N) is 1. The van der Waals surface area contributed by atoms with E-state index in [1.54, 1.807) is 23.9 Å². The molecule has 2 rings (SSSR count). The Morgan fingerprint density at radius 3 is 2.25 bits per heavy atom. The largest absolute Gasteiger partial charge is 0.320 e. The molecule has 0 aromatic heterocycles. The Bertz CT molecular complexity index is 599. The summed E-state index contributed by atoms with van der Waals surface area (Å²) in [6.45, 7) is 2.04. The lowest BCUT2D eigenvalue weighted by Gasteiger charge is -2.14. The molecule has 0 bridgehead atoms. The van der Waals surface area contributed by atoms with Crippen LogP contribution in [0.2, 0.25) is 0 Å². The van der Waals surface area contributed by atoms with Crippen molar-refractivity contribution in [3.63, 3.8) is 0 Å². The maximum Gasteiger partial charge on any atom is 0.194 e. The normalized spacial score (nSPS) is 12.4. The highest BCUT2D eigenvalue weighted by Gasteiger charge is 2.19. The maximum absolute atomic E-state index is 13.7. The van der Waals surface area contributed by atoms with Crippen LogP contribution in [-0.4, -0.2) is 5.75 Å². The van der Waals surface area contributed by atoms with Crippen molar-refractivity contribution in [3.8, 4) is 0 Å². The first kappa shape index (κ1) is 14.9. The third-order valence-corrected chi connectivity index (χ3v) is 3.84. The van der Waals surface area contributed by atoms with Gasteiger partial charge in [0, 0.05) is 10.5 Å². The minimum absolute atomic E-state index is 0.0557. The van der Waals surface area contributed by atoms with E-state index >= 15 is 0 Å². The lowest BCUT2D eigenvalue weighted by atomic mass is 9.99. The van der Waals surface area contributed by atoms with Crippen molar-refractivity contribution >= 4 is 11.8 Å². The van der Waals surface area contributed by atoms with Crippen LogP contribution in [0.25, 0.3) is 0 Å². The summed E-state index contributed by atoms with van der Waals surface area (Å²) in [4.78, 5) is 1.08. The minimum atomic E-state index is -1.49. The fourth-order valence-corrected chi connectivity index (χ4v) is 2.56. The molecule has 0 fully saturated rings. The first-order valence-electron chi connectivity index (χ1n) is 6.16. The van der Waals surface area contributed by atoms with E-state index in [9.17, 15) is 13.2 Å². The van der Waals surface area contributed by atoms with Crippen LogP contribution >= 0.6 is 11.8 Å². The number of halogens is 3. The molecule has 1 unspecified atom stereocenters. The molecule has 1 nitrogen and oxygen atoms in total. The van der Waals surface area contributed by atoms with Crippen LogP contribution in [0.5, 0.6) is 0 Å². The van der Waals surface area contributed by atoms with Gasteiger partial charge < -0.3 is 5.73 Å². The summed E-state index contributed by atoms with van der Waals surface area (Å²) in [6.07, 6.45) is 0. The zero-order valence-electron chi connectivity index (χ0n) is 10.9. The summed E-state index contributed by atoms with van der Waals surface area (Å²) in [6, 6.07) is 8.52. The number of benzene rings is 2. The van der Waals surface area contributed by atoms with E-state index in [2.05, 4.69) is 0 Å². The lowest BCUT2D eigenvalue weighted by molar-refractivity contribution is 0.438. The highest BCUT2D eigenvalue weighted by molar-refractivity contribution is 7.99. The molecule has 0 aliphatic rings. The Kier molecular flexibility index (Phi) is 4.73. The van der Waals surface area contributed by atoms with Crippen molar-refractivity contribution < 1.29 is 13.2 Å². The van der Waals surface area contributed by atoms with Crippen LogP contribution in [-0.2, 0) is 0 Å². The van der Waals surface area contributed by atoms with Crippen molar-refractivity contribution in [2.45, 2.75) is 17.9 Å². The molecule has 0 spiro atoms. The van der Waals surface area contributed by atoms with Crippen molar-refractivity contribution in [2.75, 3.05) is 5.75 Å². The Morgan fingerprint density at radius 2 is 1.65 bits per heavy atom. The van der Waals surface area contributed by atoms with Gasteiger partial charge in [0.15, 0.2) is 17.5 Å². The van der Waals surface area contributed by atoms with Gasteiger partial charge in [-0.15, -0.1) is 11.8 Å². The number of thioether (sulfide) groups is 1. The van der Waals surface area contributed by atoms with Gasteiger partial charge in [-0.25, -0.2) is 13.2 Å². The second-order valence-corrected chi connectivity index (χ2v) is 5.58.